The van der Waals surface area contributed by atoms with E-state index in [2.05, 4.69) is 51.0 Å². The molecule has 31 heavy (non-hydrogen) atoms. The summed E-state index contributed by atoms with van der Waals surface area (Å²) in [5, 5.41) is 0. The van der Waals surface area contributed by atoms with Gasteiger partial charge in [0.2, 0.25) is 0 Å². The van der Waals surface area contributed by atoms with Crippen molar-refractivity contribution in [2.45, 2.75) is 39.5 Å². The molecule has 0 fully saturated rings. The summed E-state index contributed by atoms with van der Waals surface area (Å²) >= 11 is 0. The van der Waals surface area contributed by atoms with Crippen molar-refractivity contribution in [2.75, 3.05) is 6.61 Å². The summed E-state index contributed by atoms with van der Waals surface area (Å²) < 4.78 is 10.5. The molecule has 2 aromatic carbocycles. The Morgan fingerprint density at radius 2 is 1.55 bits per heavy atom. The number of carbonyl (C=O) groups is 2. The summed E-state index contributed by atoms with van der Waals surface area (Å²) in [5.74, 6) is 5.89. The molecule has 4 nitrogen and oxygen atoms in total. The Morgan fingerprint density at radius 3 is 2.19 bits per heavy atom. The second-order valence-electron chi connectivity index (χ2n) is 8.23. The van der Waals surface area contributed by atoms with Gasteiger partial charge >= 0.3 is 11.9 Å². The van der Waals surface area contributed by atoms with Gasteiger partial charge in [0, 0.05) is 28.5 Å². The Balaban J connectivity index is 1.80. The molecule has 158 valence electrons. The lowest BCUT2D eigenvalue weighted by atomic mass is 9.82. The quantitative estimate of drug-likeness (QED) is 0.218. The molecular formula is C27H26O4. The van der Waals surface area contributed by atoms with Gasteiger partial charge in [-0.3, -0.25) is 0 Å². The fourth-order valence-corrected chi connectivity index (χ4v) is 3.53. The number of esters is 2. The maximum absolute atomic E-state index is 11.9. The molecule has 0 heterocycles. The van der Waals surface area contributed by atoms with Gasteiger partial charge in [-0.2, -0.15) is 0 Å². The average molecular weight is 415 g/mol. The van der Waals surface area contributed by atoms with Gasteiger partial charge in [-0.15, -0.1) is 0 Å². The smallest absolute Gasteiger partial charge is 0.338 e. The van der Waals surface area contributed by atoms with Crippen LogP contribution >= 0.6 is 0 Å². The minimum absolute atomic E-state index is 0.242. The molecule has 0 radical (unpaired) electrons. The minimum atomic E-state index is -0.431. The average Bonchev–Trinajstić information content (AvgIpc) is 2.94. The van der Waals surface area contributed by atoms with Crippen molar-refractivity contribution in [3.05, 3.63) is 77.4 Å². The van der Waals surface area contributed by atoms with Crippen molar-refractivity contribution in [1.82, 2.24) is 0 Å². The first-order chi connectivity index (χ1) is 14.6. The molecular weight excluding hydrogens is 388 g/mol. The minimum Gasteiger partial charge on any atom is -0.461 e. The fraction of sp³-hybridized carbons (Fsp3) is 0.259. The van der Waals surface area contributed by atoms with Gasteiger partial charge in [0.15, 0.2) is 0 Å². The normalized spacial score (nSPS) is 12.6. The van der Waals surface area contributed by atoms with Crippen molar-refractivity contribution in [2.24, 2.45) is 0 Å². The second-order valence-corrected chi connectivity index (χ2v) is 8.23. The van der Waals surface area contributed by atoms with Crippen LogP contribution in [0.4, 0.5) is 0 Å². The fourth-order valence-electron chi connectivity index (χ4n) is 3.53. The van der Waals surface area contributed by atoms with Crippen LogP contribution in [0.25, 0.3) is 11.1 Å². The number of carbonyl (C=O) groups excluding carboxylic acids is 2. The molecule has 1 aliphatic carbocycles. The zero-order chi connectivity index (χ0) is 22.8. The molecule has 0 N–H and O–H groups in total. The van der Waals surface area contributed by atoms with E-state index in [4.69, 9.17) is 9.47 Å². The summed E-state index contributed by atoms with van der Waals surface area (Å²) in [6, 6.07) is 11.9. The van der Waals surface area contributed by atoms with Crippen LogP contribution in [0.5, 0.6) is 5.75 Å². The van der Waals surface area contributed by atoms with Gasteiger partial charge in [-0.1, -0.05) is 51.0 Å². The predicted octanol–water partition coefficient (Wildman–Crippen LogP) is 5.34. The molecule has 2 aromatic rings. The van der Waals surface area contributed by atoms with Crippen molar-refractivity contribution in [3.63, 3.8) is 0 Å². The first-order valence-corrected chi connectivity index (χ1v) is 10.1. The zero-order valence-corrected chi connectivity index (χ0v) is 18.4. The highest BCUT2D eigenvalue weighted by Crippen LogP contribution is 2.49. The zero-order valence-electron chi connectivity index (χ0n) is 18.4. The van der Waals surface area contributed by atoms with Crippen LogP contribution in [0.2, 0.25) is 0 Å². The van der Waals surface area contributed by atoms with E-state index in [-0.39, 0.29) is 12.0 Å². The van der Waals surface area contributed by atoms with Crippen LogP contribution in [-0.2, 0) is 19.7 Å². The maximum Gasteiger partial charge on any atom is 0.338 e. The van der Waals surface area contributed by atoms with E-state index in [1.54, 1.807) is 13.8 Å². The molecule has 0 aromatic heterocycles. The third kappa shape index (κ3) is 4.62. The first kappa shape index (κ1) is 22.1. The summed E-state index contributed by atoms with van der Waals surface area (Å²) in [7, 11) is 0. The van der Waals surface area contributed by atoms with E-state index in [9.17, 15) is 9.59 Å². The highest BCUT2D eigenvalue weighted by Gasteiger charge is 2.36. The SMILES string of the molecule is C=C(C)C(=O)OCCC#Cc1ccc2c(c1)C(C)(C)c1cc(OC(=O)C(=C)C)ccc1-2. The van der Waals surface area contributed by atoms with Crippen molar-refractivity contribution in [3.8, 4) is 28.7 Å². The third-order valence-electron chi connectivity index (χ3n) is 5.25. The highest BCUT2D eigenvalue weighted by molar-refractivity contribution is 5.89. The Hall–Kier alpha value is -3.58. The van der Waals surface area contributed by atoms with Gasteiger partial charge in [0.05, 0.1) is 0 Å². The number of hydrogen-bond donors (Lipinski definition) is 0. The lowest BCUT2D eigenvalue weighted by Gasteiger charge is -2.22. The van der Waals surface area contributed by atoms with Gasteiger partial charge in [0.25, 0.3) is 0 Å². The van der Waals surface area contributed by atoms with Crippen LogP contribution in [0.15, 0.2) is 60.7 Å². The maximum atomic E-state index is 11.9. The largest absolute Gasteiger partial charge is 0.461 e. The summed E-state index contributed by atoms with van der Waals surface area (Å²) in [4.78, 5) is 23.3. The second kappa shape index (κ2) is 8.65. The van der Waals surface area contributed by atoms with Gasteiger partial charge in [-0.25, -0.2) is 9.59 Å². The lowest BCUT2D eigenvalue weighted by Crippen LogP contribution is -2.16. The topological polar surface area (TPSA) is 52.6 Å². The molecule has 0 bridgehead atoms. The van der Waals surface area contributed by atoms with Crippen LogP contribution in [0.1, 0.15) is 50.8 Å². The van der Waals surface area contributed by atoms with E-state index < -0.39 is 11.9 Å². The number of hydrogen-bond acceptors (Lipinski definition) is 4. The molecule has 1 aliphatic rings. The van der Waals surface area contributed by atoms with Crippen molar-refractivity contribution < 1.29 is 19.1 Å². The number of rotatable bonds is 5. The van der Waals surface area contributed by atoms with Gasteiger partial charge in [0.1, 0.15) is 12.4 Å². The van der Waals surface area contributed by atoms with E-state index in [0.717, 1.165) is 22.3 Å². The van der Waals surface area contributed by atoms with Crippen LogP contribution in [0.3, 0.4) is 0 Å². The summed E-state index contributed by atoms with van der Waals surface area (Å²) in [6.45, 7) is 15.0. The Kier molecular flexibility index (Phi) is 6.17. The molecule has 0 aliphatic heterocycles. The monoisotopic (exact) mass is 414 g/mol. The van der Waals surface area contributed by atoms with Crippen LogP contribution in [-0.4, -0.2) is 18.5 Å². The van der Waals surface area contributed by atoms with E-state index in [1.165, 1.54) is 5.56 Å². The Labute approximate surface area is 183 Å². The molecule has 0 amide bonds. The first-order valence-electron chi connectivity index (χ1n) is 10.1. The third-order valence-corrected chi connectivity index (χ3v) is 5.25. The summed E-state index contributed by atoms with van der Waals surface area (Å²) in [5.41, 5.74) is 5.94. The standard InChI is InChI=1S/C27H26O4/c1-17(2)25(28)30-14-8-7-9-19-10-12-21-22-13-11-20(31-26(29)18(3)4)16-24(22)27(5,6)23(21)15-19/h10-13,15-16H,1,3,8,14H2,2,4-6H3. The predicted molar refractivity (Wildman–Crippen MR) is 122 cm³/mol. The molecule has 3 rings (SSSR count). The van der Waals surface area contributed by atoms with E-state index in [0.29, 0.717) is 23.3 Å². The van der Waals surface area contributed by atoms with Gasteiger partial charge < -0.3 is 9.47 Å². The number of fused-ring (bicyclic) bond motifs is 3. The number of ether oxygens (including phenoxy) is 2. The Bertz CT molecular complexity index is 1160. The lowest BCUT2D eigenvalue weighted by molar-refractivity contribution is -0.138. The Morgan fingerprint density at radius 1 is 0.935 bits per heavy atom. The molecule has 0 atom stereocenters. The summed E-state index contributed by atoms with van der Waals surface area (Å²) in [6.07, 6.45) is 0.456. The molecule has 0 spiro atoms. The van der Waals surface area contributed by atoms with Crippen molar-refractivity contribution >= 4 is 11.9 Å². The van der Waals surface area contributed by atoms with E-state index >= 15 is 0 Å². The van der Waals surface area contributed by atoms with Gasteiger partial charge in [-0.05, 0) is 60.4 Å². The molecule has 0 unspecified atom stereocenters. The number of benzene rings is 2. The van der Waals surface area contributed by atoms with E-state index in [1.807, 2.05) is 24.3 Å². The van der Waals surface area contributed by atoms with Crippen LogP contribution < -0.4 is 4.74 Å². The van der Waals surface area contributed by atoms with Crippen molar-refractivity contribution in [1.29, 1.82) is 0 Å². The molecule has 4 heteroatoms. The molecule has 0 saturated carbocycles. The highest BCUT2D eigenvalue weighted by atomic mass is 16.5. The molecule has 0 saturated heterocycles. The van der Waals surface area contributed by atoms with Crippen LogP contribution in [0, 0.1) is 11.8 Å².